The van der Waals surface area contributed by atoms with E-state index >= 15 is 0 Å². The fourth-order valence-electron chi connectivity index (χ4n) is 2.09. The third-order valence-corrected chi connectivity index (χ3v) is 3.17. The lowest BCUT2D eigenvalue weighted by Gasteiger charge is -2.34. The number of hydrogen-bond donors (Lipinski definition) is 0. The molecule has 1 aliphatic rings. The van der Waals surface area contributed by atoms with Crippen molar-refractivity contribution >= 4 is 6.03 Å². The van der Waals surface area contributed by atoms with Crippen molar-refractivity contribution < 1.29 is 9.53 Å². The fourth-order valence-corrected chi connectivity index (χ4v) is 2.09. The lowest BCUT2D eigenvalue weighted by Crippen LogP contribution is -2.46. The molecule has 0 bridgehead atoms. The molecule has 4 heteroatoms. The molecule has 1 atom stereocenters. The molecular formula is C14H20N2O2. The van der Waals surface area contributed by atoms with Gasteiger partial charge >= 0.3 is 6.03 Å². The summed E-state index contributed by atoms with van der Waals surface area (Å²) in [6.45, 7) is 3.95. The van der Waals surface area contributed by atoms with Gasteiger partial charge in [0.15, 0.2) is 0 Å². The van der Waals surface area contributed by atoms with Gasteiger partial charge in [0.05, 0.1) is 13.2 Å². The Morgan fingerprint density at radius 2 is 2.00 bits per heavy atom. The number of carbonyl (C=O) groups excluding carboxylic acids is 1. The van der Waals surface area contributed by atoms with E-state index < -0.39 is 0 Å². The summed E-state index contributed by atoms with van der Waals surface area (Å²) in [6.07, 6.45) is -0.0109. The normalized spacial score (nSPS) is 19.7. The van der Waals surface area contributed by atoms with E-state index in [0.29, 0.717) is 19.7 Å². The lowest BCUT2D eigenvalue weighted by atomic mass is 10.1. The minimum Gasteiger partial charge on any atom is -0.370 e. The van der Waals surface area contributed by atoms with Crippen LogP contribution in [-0.2, 0) is 4.74 Å². The SMILES string of the molecule is Cc1ccc(C2CN(C(=O)N(C)C)CCO2)cc1. The van der Waals surface area contributed by atoms with Gasteiger partial charge in [-0.05, 0) is 12.5 Å². The number of carbonyl (C=O) groups is 1. The molecule has 0 aliphatic carbocycles. The summed E-state index contributed by atoms with van der Waals surface area (Å²) in [6, 6.07) is 8.35. The molecular weight excluding hydrogens is 228 g/mol. The number of morpholine rings is 1. The molecule has 1 saturated heterocycles. The number of aryl methyl sites for hydroxylation is 1. The van der Waals surface area contributed by atoms with E-state index in [0.717, 1.165) is 5.56 Å². The van der Waals surface area contributed by atoms with Gasteiger partial charge in [-0.3, -0.25) is 0 Å². The minimum atomic E-state index is -0.0109. The Morgan fingerprint density at radius 3 is 2.61 bits per heavy atom. The number of ether oxygens (including phenoxy) is 1. The maximum absolute atomic E-state index is 11.9. The molecule has 1 heterocycles. The summed E-state index contributed by atoms with van der Waals surface area (Å²) in [4.78, 5) is 15.4. The summed E-state index contributed by atoms with van der Waals surface area (Å²) in [5.41, 5.74) is 2.37. The van der Waals surface area contributed by atoms with Crippen LogP contribution in [0.4, 0.5) is 4.79 Å². The molecule has 1 fully saturated rings. The van der Waals surface area contributed by atoms with Gasteiger partial charge in [-0.1, -0.05) is 29.8 Å². The first kappa shape index (κ1) is 12.9. The summed E-state index contributed by atoms with van der Waals surface area (Å²) in [7, 11) is 3.55. The lowest BCUT2D eigenvalue weighted by molar-refractivity contribution is -0.0188. The first-order valence-corrected chi connectivity index (χ1v) is 6.22. The molecule has 0 N–H and O–H groups in total. The molecule has 1 aliphatic heterocycles. The van der Waals surface area contributed by atoms with Crippen LogP contribution in [0.25, 0.3) is 0 Å². The van der Waals surface area contributed by atoms with Crippen LogP contribution in [0.5, 0.6) is 0 Å². The van der Waals surface area contributed by atoms with Gasteiger partial charge in [0, 0.05) is 20.6 Å². The van der Waals surface area contributed by atoms with Crippen molar-refractivity contribution in [3.63, 3.8) is 0 Å². The molecule has 98 valence electrons. The Bertz CT molecular complexity index is 414. The highest BCUT2D eigenvalue weighted by atomic mass is 16.5. The largest absolute Gasteiger partial charge is 0.370 e. The van der Waals surface area contributed by atoms with Crippen molar-refractivity contribution in [1.29, 1.82) is 0 Å². The average Bonchev–Trinajstić information content (AvgIpc) is 2.38. The molecule has 1 aromatic rings. The topological polar surface area (TPSA) is 32.8 Å². The molecule has 1 aromatic carbocycles. The second kappa shape index (κ2) is 5.40. The quantitative estimate of drug-likeness (QED) is 0.762. The van der Waals surface area contributed by atoms with Gasteiger partial charge in [-0.2, -0.15) is 0 Å². The van der Waals surface area contributed by atoms with Crippen LogP contribution in [0, 0.1) is 6.92 Å². The molecule has 2 rings (SSSR count). The highest BCUT2D eigenvalue weighted by Gasteiger charge is 2.26. The van der Waals surface area contributed by atoms with Crippen LogP contribution in [0.2, 0.25) is 0 Å². The number of benzene rings is 1. The Balaban J connectivity index is 2.07. The van der Waals surface area contributed by atoms with Crippen LogP contribution in [0.15, 0.2) is 24.3 Å². The third-order valence-electron chi connectivity index (χ3n) is 3.17. The molecule has 0 radical (unpaired) electrons. The molecule has 2 amide bonds. The highest BCUT2D eigenvalue weighted by Crippen LogP contribution is 2.22. The Labute approximate surface area is 108 Å². The molecule has 1 unspecified atom stereocenters. The van der Waals surface area contributed by atoms with E-state index in [1.807, 2.05) is 4.90 Å². The molecule has 18 heavy (non-hydrogen) atoms. The minimum absolute atomic E-state index is 0.0109. The van der Waals surface area contributed by atoms with Crippen LogP contribution in [-0.4, -0.2) is 49.6 Å². The maximum Gasteiger partial charge on any atom is 0.319 e. The van der Waals surface area contributed by atoms with Crippen LogP contribution >= 0.6 is 0 Å². The monoisotopic (exact) mass is 248 g/mol. The van der Waals surface area contributed by atoms with Crippen LogP contribution in [0.1, 0.15) is 17.2 Å². The molecule has 0 spiro atoms. The average molecular weight is 248 g/mol. The fraction of sp³-hybridized carbons (Fsp3) is 0.500. The van der Waals surface area contributed by atoms with E-state index in [1.165, 1.54) is 5.56 Å². The van der Waals surface area contributed by atoms with E-state index in [-0.39, 0.29) is 12.1 Å². The van der Waals surface area contributed by atoms with Crippen molar-refractivity contribution in [3.05, 3.63) is 35.4 Å². The predicted molar refractivity (Wildman–Crippen MR) is 70.5 cm³/mol. The molecule has 4 nitrogen and oxygen atoms in total. The summed E-state index contributed by atoms with van der Waals surface area (Å²) < 4.78 is 5.75. The number of nitrogens with zero attached hydrogens (tertiary/aromatic N) is 2. The second-order valence-corrected chi connectivity index (χ2v) is 4.89. The zero-order chi connectivity index (χ0) is 13.1. The van der Waals surface area contributed by atoms with Crippen molar-refractivity contribution in [3.8, 4) is 0 Å². The first-order valence-electron chi connectivity index (χ1n) is 6.22. The first-order chi connectivity index (χ1) is 8.58. The second-order valence-electron chi connectivity index (χ2n) is 4.89. The Kier molecular flexibility index (Phi) is 3.87. The van der Waals surface area contributed by atoms with Crippen LogP contribution < -0.4 is 0 Å². The third kappa shape index (κ3) is 2.82. The van der Waals surface area contributed by atoms with Gasteiger partial charge in [0.25, 0.3) is 0 Å². The van der Waals surface area contributed by atoms with E-state index in [9.17, 15) is 4.79 Å². The van der Waals surface area contributed by atoms with Gasteiger partial charge in [0.2, 0.25) is 0 Å². The highest BCUT2D eigenvalue weighted by molar-refractivity contribution is 5.74. The number of urea groups is 1. The van der Waals surface area contributed by atoms with E-state index in [2.05, 4.69) is 31.2 Å². The van der Waals surface area contributed by atoms with Gasteiger partial charge in [-0.15, -0.1) is 0 Å². The summed E-state index contributed by atoms with van der Waals surface area (Å²) in [5, 5.41) is 0. The van der Waals surface area contributed by atoms with Crippen molar-refractivity contribution in [2.45, 2.75) is 13.0 Å². The zero-order valence-electron chi connectivity index (χ0n) is 11.2. The number of amides is 2. The van der Waals surface area contributed by atoms with Crippen molar-refractivity contribution in [2.75, 3.05) is 33.8 Å². The van der Waals surface area contributed by atoms with Crippen molar-refractivity contribution in [2.24, 2.45) is 0 Å². The maximum atomic E-state index is 11.9. The summed E-state index contributed by atoms with van der Waals surface area (Å²) in [5.74, 6) is 0. The predicted octanol–water partition coefficient (Wildman–Crippen LogP) is 2.05. The standard InChI is InChI=1S/C14H20N2O2/c1-11-4-6-12(7-5-11)13-10-16(8-9-18-13)14(17)15(2)3/h4-7,13H,8-10H2,1-3H3. The van der Waals surface area contributed by atoms with E-state index in [4.69, 9.17) is 4.74 Å². The van der Waals surface area contributed by atoms with Crippen LogP contribution in [0.3, 0.4) is 0 Å². The van der Waals surface area contributed by atoms with Gasteiger partial charge in [-0.25, -0.2) is 4.79 Å². The number of hydrogen-bond acceptors (Lipinski definition) is 2. The zero-order valence-corrected chi connectivity index (χ0v) is 11.2. The Morgan fingerprint density at radius 1 is 1.33 bits per heavy atom. The van der Waals surface area contributed by atoms with Crippen molar-refractivity contribution in [1.82, 2.24) is 9.80 Å². The molecule has 0 saturated carbocycles. The molecule has 0 aromatic heterocycles. The Hall–Kier alpha value is -1.55. The van der Waals surface area contributed by atoms with E-state index in [1.54, 1.807) is 19.0 Å². The van der Waals surface area contributed by atoms with Gasteiger partial charge < -0.3 is 14.5 Å². The smallest absolute Gasteiger partial charge is 0.319 e. The summed E-state index contributed by atoms with van der Waals surface area (Å²) >= 11 is 0. The van der Waals surface area contributed by atoms with Gasteiger partial charge in [0.1, 0.15) is 6.10 Å². The number of rotatable bonds is 1.